The molecule has 1 atom stereocenters. The smallest absolute Gasteiger partial charge is 0.304 e. The van der Waals surface area contributed by atoms with Gasteiger partial charge in [0.25, 0.3) is 5.69 Å². The van der Waals surface area contributed by atoms with Gasteiger partial charge in [0.1, 0.15) is 0 Å². The molecule has 0 saturated carbocycles. The maximum Gasteiger partial charge on any atom is 0.304 e. The molecule has 0 spiro atoms. The third-order valence-electron chi connectivity index (χ3n) is 2.40. The van der Waals surface area contributed by atoms with Crippen LogP contribution in [0.25, 0.3) is 0 Å². The lowest BCUT2D eigenvalue weighted by Gasteiger charge is -2.09. The second kappa shape index (κ2) is 5.40. The summed E-state index contributed by atoms with van der Waals surface area (Å²) in [7, 11) is 0. The monoisotopic (exact) mass is 238 g/mol. The summed E-state index contributed by atoms with van der Waals surface area (Å²) in [6.45, 7) is 1.65. The predicted molar refractivity (Wildman–Crippen MR) is 61.8 cm³/mol. The Bertz CT molecular complexity index is 445. The van der Waals surface area contributed by atoms with E-state index in [0.29, 0.717) is 17.5 Å². The van der Waals surface area contributed by atoms with Gasteiger partial charge in [0.05, 0.1) is 11.3 Å². The molecule has 0 unspecified atom stereocenters. The molecule has 6 nitrogen and oxygen atoms in total. The molecular weight excluding hydrogens is 224 g/mol. The van der Waals surface area contributed by atoms with Gasteiger partial charge in [-0.3, -0.25) is 14.9 Å². The first-order chi connectivity index (χ1) is 7.90. The summed E-state index contributed by atoms with van der Waals surface area (Å²) in [5.74, 6) is -0.973. The maximum absolute atomic E-state index is 10.7. The van der Waals surface area contributed by atoms with Crippen LogP contribution in [0.1, 0.15) is 17.5 Å². The second-order valence-electron chi connectivity index (χ2n) is 3.94. The van der Waals surface area contributed by atoms with Gasteiger partial charge >= 0.3 is 5.97 Å². The van der Waals surface area contributed by atoms with Crippen molar-refractivity contribution in [3.05, 3.63) is 39.4 Å². The third-order valence-corrected chi connectivity index (χ3v) is 2.40. The Balaban J connectivity index is 2.82. The van der Waals surface area contributed by atoms with E-state index in [1.807, 2.05) is 0 Å². The summed E-state index contributed by atoms with van der Waals surface area (Å²) < 4.78 is 0. The zero-order valence-corrected chi connectivity index (χ0v) is 9.42. The quantitative estimate of drug-likeness (QED) is 0.593. The largest absolute Gasteiger partial charge is 0.481 e. The van der Waals surface area contributed by atoms with E-state index < -0.39 is 16.9 Å². The predicted octanol–water partition coefficient (Wildman–Crippen LogP) is 1.25. The SMILES string of the molecule is Cc1ccc(C[C@H](N)CC(=O)O)cc1[N+](=O)[O-]. The van der Waals surface area contributed by atoms with E-state index in [2.05, 4.69) is 0 Å². The summed E-state index contributed by atoms with van der Waals surface area (Å²) in [5.41, 5.74) is 6.90. The lowest BCUT2D eigenvalue weighted by Crippen LogP contribution is -2.26. The van der Waals surface area contributed by atoms with Crippen LogP contribution < -0.4 is 5.73 Å². The molecule has 1 aromatic carbocycles. The van der Waals surface area contributed by atoms with Gasteiger partial charge in [-0.2, -0.15) is 0 Å². The van der Waals surface area contributed by atoms with Crippen molar-refractivity contribution < 1.29 is 14.8 Å². The first-order valence-corrected chi connectivity index (χ1v) is 5.11. The lowest BCUT2D eigenvalue weighted by atomic mass is 10.0. The molecule has 92 valence electrons. The lowest BCUT2D eigenvalue weighted by molar-refractivity contribution is -0.385. The van der Waals surface area contributed by atoms with Crippen LogP contribution >= 0.6 is 0 Å². The van der Waals surface area contributed by atoms with Crippen LogP contribution in [0.15, 0.2) is 18.2 Å². The topological polar surface area (TPSA) is 106 Å². The summed E-state index contributed by atoms with van der Waals surface area (Å²) >= 11 is 0. The summed E-state index contributed by atoms with van der Waals surface area (Å²) in [5, 5.41) is 19.3. The first-order valence-electron chi connectivity index (χ1n) is 5.11. The number of aliphatic carboxylic acids is 1. The Morgan fingerprint density at radius 3 is 2.76 bits per heavy atom. The van der Waals surface area contributed by atoms with Crippen LogP contribution in [-0.4, -0.2) is 22.0 Å². The fraction of sp³-hybridized carbons (Fsp3) is 0.364. The molecule has 0 aromatic heterocycles. The highest BCUT2D eigenvalue weighted by Gasteiger charge is 2.14. The van der Waals surface area contributed by atoms with Gasteiger partial charge in [0.15, 0.2) is 0 Å². The average Bonchev–Trinajstić information content (AvgIpc) is 2.19. The fourth-order valence-corrected chi connectivity index (χ4v) is 1.58. The number of aryl methyl sites for hydroxylation is 1. The number of carboxylic acids is 1. The highest BCUT2D eigenvalue weighted by Crippen LogP contribution is 2.20. The van der Waals surface area contributed by atoms with Crippen molar-refractivity contribution in [1.82, 2.24) is 0 Å². The van der Waals surface area contributed by atoms with Gasteiger partial charge in [0, 0.05) is 17.7 Å². The minimum absolute atomic E-state index is 0.0324. The number of nitro groups is 1. The van der Waals surface area contributed by atoms with E-state index in [4.69, 9.17) is 10.8 Å². The van der Waals surface area contributed by atoms with Crippen LogP contribution in [-0.2, 0) is 11.2 Å². The molecule has 0 heterocycles. The van der Waals surface area contributed by atoms with Crippen molar-refractivity contribution in [3.63, 3.8) is 0 Å². The van der Waals surface area contributed by atoms with Crippen molar-refractivity contribution in [2.24, 2.45) is 5.73 Å². The number of nitrogens with two attached hydrogens (primary N) is 1. The van der Waals surface area contributed by atoms with Gasteiger partial charge in [-0.25, -0.2) is 0 Å². The van der Waals surface area contributed by atoms with Crippen molar-refractivity contribution in [2.75, 3.05) is 0 Å². The highest BCUT2D eigenvalue weighted by molar-refractivity contribution is 5.67. The molecule has 0 saturated heterocycles. The summed E-state index contributed by atoms with van der Waals surface area (Å²) in [6, 6.07) is 4.27. The van der Waals surface area contributed by atoms with E-state index in [1.54, 1.807) is 19.1 Å². The van der Waals surface area contributed by atoms with E-state index in [9.17, 15) is 14.9 Å². The van der Waals surface area contributed by atoms with Crippen LogP contribution in [0.2, 0.25) is 0 Å². The molecule has 0 fully saturated rings. The van der Waals surface area contributed by atoms with Crippen LogP contribution in [0.5, 0.6) is 0 Å². The molecule has 1 rings (SSSR count). The molecule has 0 radical (unpaired) electrons. The standard InChI is InChI=1S/C11H14N2O4/c1-7-2-3-8(5-10(7)13(16)17)4-9(12)6-11(14)15/h2-3,5,9H,4,6,12H2,1H3,(H,14,15)/t9-/m0/s1. The zero-order chi connectivity index (χ0) is 13.0. The van der Waals surface area contributed by atoms with Crippen LogP contribution in [0, 0.1) is 17.0 Å². The number of carbonyl (C=O) groups is 1. The molecular formula is C11H14N2O4. The van der Waals surface area contributed by atoms with Gasteiger partial charge < -0.3 is 10.8 Å². The molecule has 0 aliphatic rings. The van der Waals surface area contributed by atoms with Crippen LogP contribution in [0.4, 0.5) is 5.69 Å². The first kappa shape index (κ1) is 13.1. The van der Waals surface area contributed by atoms with E-state index in [-0.39, 0.29) is 12.1 Å². The van der Waals surface area contributed by atoms with E-state index in [0.717, 1.165) is 0 Å². The Hall–Kier alpha value is -1.95. The average molecular weight is 238 g/mol. The normalized spacial score (nSPS) is 12.1. The van der Waals surface area contributed by atoms with Gasteiger partial charge in [-0.1, -0.05) is 12.1 Å². The van der Waals surface area contributed by atoms with Gasteiger partial charge in [0.2, 0.25) is 0 Å². The second-order valence-corrected chi connectivity index (χ2v) is 3.94. The van der Waals surface area contributed by atoms with Gasteiger partial charge in [-0.15, -0.1) is 0 Å². The van der Waals surface area contributed by atoms with Crippen molar-refractivity contribution in [2.45, 2.75) is 25.8 Å². The number of nitrogens with zero attached hydrogens (tertiary/aromatic N) is 1. The van der Waals surface area contributed by atoms with E-state index >= 15 is 0 Å². The molecule has 0 aliphatic heterocycles. The number of hydrogen-bond donors (Lipinski definition) is 2. The Morgan fingerprint density at radius 1 is 1.59 bits per heavy atom. The van der Waals surface area contributed by atoms with E-state index in [1.165, 1.54) is 6.07 Å². The number of carboxylic acid groups (broad SMARTS) is 1. The molecule has 17 heavy (non-hydrogen) atoms. The minimum atomic E-state index is -0.973. The van der Waals surface area contributed by atoms with Crippen molar-refractivity contribution >= 4 is 11.7 Å². The fourth-order valence-electron chi connectivity index (χ4n) is 1.58. The molecule has 3 N–H and O–H groups in total. The number of rotatable bonds is 5. The third kappa shape index (κ3) is 3.84. The number of hydrogen-bond acceptors (Lipinski definition) is 4. The number of benzene rings is 1. The van der Waals surface area contributed by atoms with Crippen molar-refractivity contribution in [1.29, 1.82) is 0 Å². The van der Waals surface area contributed by atoms with Crippen LogP contribution in [0.3, 0.4) is 0 Å². The van der Waals surface area contributed by atoms with Gasteiger partial charge in [-0.05, 0) is 18.9 Å². The molecule has 0 aliphatic carbocycles. The summed E-state index contributed by atoms with van der Waals surface area (Å²) in [4.78, 5) is 20.7. The number of nitro benzene ring substituents is 1. The molecule has 0 amide bonds. The molecule has 0 bridgehead atoms. The Labute approximate surface area is 98.2 Å². The molecule has 1 aromatic rings. The Morgan fingerprint density at radius 2 is 2.24 bits per heavy atom. The maximum atomic E-state index is 10.7. The highest BCUT2D eigenvalue weighted by atomic mass is 16.6. The summed E-state index contributed by atoms with van der Waals surface area (Å²) in [6.07, 6.45) is 0.162. The minimum Gasteiger partial charge on any atom is -0.481 e. The molecule has 6 heteroatoms. The zero-order valence-electron chi connectivity index (χ0n) is 9.42. The van der Waals surface area contributed by atoms with Crippen molar-refractivity contribution in [3.8, 4) is 0 Å². The Kier molecular flexibility index (Phi) is 4.17.